The van der Waals surface area contributed by atoms with Gasteiger partial charge in [-0.3, -0.25) is 4.98 Å². The zero-order valence-corrected chi connectivity index (χ0v) is 13.8. The zero-order chi connectivity index (χ0) is 15.2. The number of aromatic nitrogens is 1. The van der Waals surface area contributed by atoms with Crippen molar-refractivity contribution >= 4 is 5.69 Å². The lowest BCUT2D eigenvalue weighted by molar-refractivity contribution is 0.188. The molecular formula is C18H31N3. The number of nitrogens with one attached hydrogen (secondary N) is 1. The Morgan fingerprint density at radius 3 is 2.48 bits per heavy atom. The summed E-state index contributed by atoms with van der Waals surface area (Å²) >= 11 is 0. The van der Waals surface area contributed by atoms with E-state index in [0.717, 1.165) is 36.4 Å². The first-order valence-electron chi connectivity index (χ1n) is 8.53. The van der Waals surface area contributed by atoms with Gasteiger partial charge < -0.3 is 11.1 Å². The lowest BCUT2D eigenvalue weighted by Gasteiger charge is -2.36. The Morgan fingerprint density at radius 1 is 1.24 bits per heavy atom. The van der Waals surface area contributed by atoms with E-state index < -0.39 is 0 Å². The fourth-order valence-corrected chi connectivity index (χ4v) is 3.73. The number of nitrogen functional groups attached to an aromatic ring is 1. The molecule has 1 aromatic heterocycles. The highest BCUT2D eigenvalue weighted by atomic mass is 14.9. The molecule has 0 bridgehead atoms. The van der Waals surface area contributed by atoms with Crippen molar-refractivity contribution in [2.45, 2.75) is 58.9 Å². The standard InChI is InChI=1S/C18H31N3/c1-4-21-18(11-16-12-20-10-9-17(16)19)15-7-5-14(6-8-15)13(2)3/h9-10,12-15,18,21H,4-8,11H2,1-3H3,(H2,19,20). The van der Waals surface area contributed by atoms with Gasteiger partial charge in [0.25, 0.3) is 0 Å². The summed E-state index contributed by atoms with van der Waals surface area (Å²) in [5.41, 5.74) is 8.16. The fraction of sp³-hybridized carbons (Fsp3) is 0.722. The van der Waals surface area contributed by atoms with Gasteiger partial charge in [0.15, 0.2) is 0 Å². The quantitative estimate of drug-likeness (QED) is 0.840. The topological polar surface area (TPSA) is 50.9 Å². The van der Waals surface area contributed by atoms with Crippen LogP contribution in [0.4, 0.5) is 5.69 Å². The van der Waals surface area contributed by atoms with E-state index in [0.29, 0.717) is 6.04 Å². The third-order valence-corrected chi connectivity index (χ3v) is 5.18. The second kappa shape index (κ2) is 7.79. The maximum Gasteiger partial charge on any atom is 0.0378 e. The monoisotopic (exact) mass is 289 g/mol. The summed E-state index contributed by atoms with van der Waals surface area (Å²) in [5, 5.41) is 3.69. The molecule has 1 saturated carbocycles. The van der Waals surface area contributed by atoms with Crippen molar-refractivity contribution in [1.29, 1.82) is 0 Å². The Labute approximate surface area is 129 Å². The van der Waals surface area contributed by atoms with Gasteiger partial charge >= 0.3 is 0 Å². The number of anilines is 1. The van der Waals surface area contributed by atoms with Gasteiger partial charge in [0, 0.05) is 24.1 Å². The Hall–Kier alpha value is -1.09. The van der Waals surface area contributed by atoms with E-state index in [-0.39, 0.29) is 0 Å². The van der Waals surface area contributed by atoms with E-state index in [1.807, 2.05) is 12.3 Å². The Bertz CT molecular complexity index is 422. The zero-order valence-electron chi connectivity index (χ0n) is 13.8. The van der Waals surface area contributed by atoms with E-state index in [1.54, 1.807) is 6.20 Å². The summed E-state index contributed by atoms with van der Waals surface area (Å²) < 4.78 is 0. The average Bonchev–Trinajstić information content (AvgIpc) is 2.49. The van der Waals surface area contributed by atoms with E-state index in [1.165, 1.54) is 31.2 Å². The molecule has 1 unspecified atom stereocenters. The first kappa shape index (κ1) is 16.3. The third kappa shape index (κ3) is 4.44. The van der Waals surface area contributed by atoms with Gasteiger partial charge in [-0.15, -0.1) is 0 Å². The molecule has 21 heavy (non-hydrogen) atoms. The van der Waals surface area contributed by atoms with Gasteiger partial charge in [-0.2, -0.15) is 0 Å². The van der Waals surface area contributed by atoms with Crippen molar-refractivity contribution < 1.29 is 0 Å². The fourth-order valence-electron chi connectivity index (χ4n) is 3.73. The molecule has 2 rings (SSSR count). The second-order valence-electron chi connectivity index (χ2n) is 6.86. The molecule has 3 N–H and O–H groups in total. The van der Waals surface area contributed by atoms with Crippen molar-refractivity contribution in [2.24, 2.45) is 17.8 Å². The maximum absolute atomic E-state index is 6.09. The number of likely N-dealkylation sites (N-methyl/N-ethyl adjacent to an activating group) is 1. The van der Waals surface area contributed by atoms with Crippen LogP contribution in [0.15, 0.2) is 18.5 Å². The molecule has 1 aromatic rings. The third-order valence-electron chi connectivity index (χ3n) is 5.18. The number of nitrogens with two attached hydrogens (primary N) is 1. The molecule has 1 aliphatic carbocycles. The summed E-state index contributed by atoms with van der Waals surface area (Å²) in [4.78, 5) is 4.23. The van der Waals surface area contributed by atoms with Crippen LogP contribution < -0.4 is 11.1 Å². The maximum atomic E-state index is 6.09. The minimum Gasteiger partial charge on any atom is -0.398 e. The van der Waals surface area contributed by atoms with Crippen LogP contribution in [0.25, 0.3) is 0 Å². The highest BCUT2D eigenvalue weighted by Crippen LogP contribution is 2.35. The van der Waals surface area contributed by atoms with Gasteiger partial charge in [-0.1, -0.05) is 20.8 Å². The smallest absolute Gasteiger partial charge is 0.0378 e. The average molecular weight is 289 g/mol. The lowest BCUT2D eigenvalue weighted by Crippen LogP contribution is -2.40. The molecule has 3 heteroatoms. The van der Waals surface area contributed by atoms with Crippen molar-refractivity contribution in [3.05, 3.63) is 24.0 Å². The molecule has 3 nitrogen and oxygen atoms in total. The molecule has 0 spiro atoms. The molecule has 1 aliphatic rings. The number of pyridine rings is 1. The van der Waals surface area contributed by atoms with Crippen molar-refractivity contribution in [3.8, 4) is 0 Å². The van der Waals surface area contributed by atoms with E-state index in [9.17, 15) is 0 Å². The molecule has 0 radical (unpaired) electrons. The summed E-state index contributed by atoms with van der Waals surface area (Å²) in [6, 6.07) is 2.45. The van der Waals surface area contributed by atoms with E-state index in [2.05, 4.69) is 31.1 Å². The lowest BCUT2D eigenvalue weighted by atomic mass is 9.73. The second-order valence-corrected chi connectivity index (χ2v) is 6.86. The number of hydrogen-bond acceptors (Lipinski definition) is 3. The first-order chi connectivity index (χ1) is 10.1. The summed E-state index contributed by atoms with van der Waals surface area (Å²) in [5.74, 6) is 2.53. The van der Waals surface area contributed by atoms with Crippen LogP contribution >= 0.6 is 0 Å². The van der Waals surface area contributed by atoms with Crippen LogP contribution in [0.3, 0.4) is 0 Å². The molecule has 1 atom stereocenters. The number of hydrogen-bond donors (Lipinski definition) is 2. The highest BCUT2D eigenvalue weighted by Gasteiger charge is 2.28. The predicted octanol–water partition coefficient (Wildman–Crippen LogP) is 3.65. The summed E-state index contributed by atoms with van der Waals surface area (Å²) in [6.07, 6.45) is 10.2. The minimum atomic E-state index is 0.537. The summed E-state index contributed by atoms with van der Waals surface area (Å²) in [7, 11) is 0. The van der Waals surface area contributed by atoms with Crippen molar-refractivity contribution in [2.75, 3.05) is 12.3 Å². The molecule has 0 aliphatic heterocycles. The van der Waals surface area contributed by atoms with Crippen LogP contribution in [0.2, 0.25) is 0 Å². The molecule has 0 saturated heterocycles. The summed E-state index contributed by atoms with van der Waals surface area (Å²) in [6.45, 7) is 7.94. The number of nitrogens with zero attached hydrogens (tertiary/aromatic N) is 1. The molecule has 118 valence electrons. The molecule has 1 heterocycles. The SMILES string of the molecule is CCNC(Cc1cnccc1N)C1CCC(C(C)C)CC1. The van der Waals surface area contributed by atoms with Crippen LogP contribution in [-0.4, -0.2) is 17.6 Å². The Balaban J connectivity index is 1.98. The van der Waals surface area contributed by atoms with Crippen LogP contribution in [0.1, 0.15) is 52.0 Å². The van der Waals surface area contributed by atoms with Gasteiger partial charge in [-0.05, 0) is 68.0 Å². The molecular weight excluding hydrogens is 258 g/mol. The van der Waals surface area contributed by atoms with Crippen LogP contribution in [-0.2, 0) is 6.42 Å². The van der Waals surface area contributed by atoms with Crippen LogP contribution in [0.5, 0.6) is 0 Å². The van der Waals surface area contributed by atoms with Gasteiger partial charge in [0.2, 0.25) is 0 Å². The first-order valence-corrected chi connectivity index (χ1v) is 8.53. The minimum absolute atomic E-state index is 0.537. The number of rotatable bonds is 6. The Morgan fingerprint density at radius 2 is 1.90 bits per heavy atom. The van der Waals surface area contributed by atoms with Crippen LogP contribution in [0, 0.1) is 17.8 Å². The largest absolute Gasteiger partial charge is 0.398 e. The normalized spacial score (nSPS) is 24.2. The molecule has 0 aromatic carbocycles. The molecule has 1 fully saturated rings. The Kier molecular flexibility index (Phi) is 6.04. The predicted molar refractivity (Wildman–Crippen MR) is 90.1 cm³/mol. The van der Waals surface area contributed by atoms with Gasteiger partial charge in [0.1, 0.15) is 0 Å². The van der Waals surface area contributed by atoms with E-state index >= 15 is 0 Å². The molecule has 0 amide bonds. The van der Waals surface area contributed by atoms with Crippen molar-refractivity contribution in [3.63, 3.8) is 0 Å². The van der Waals surface area contributed by atoms with E-state index in [4.69, 9.17) is 5.73 Å². The van der Waals surface area contributed by atoms with Gasteiger partial charge in [0.05, 0.1) is 0 Å². The van der Waals surface area contributed by atoms with Crippen molar-refractivity contribution in [1.82, 2.24) is 10.3 Å². The highest BCUT2D eigenvalue weighted by molar-refractivity contribution is 5.44. The van der Waals surface area contributed by atoms with Gasteiger partial charge in [-0.25, -0.2) is 0 Å².